The summed E-state index contributed by atoms with van der Waals surface area (Å²) in [4.78, 5) is 16.2. The summed E-state index contributed by atoms with van der Waals surface area (Å²) in [7, 11) is 0. The van der Waals surface area contributed by atoms with Crippen LogP contribution in [-0.2, 0) is 4.79 Å². The van der Waals surface area contributed by atoms with Gasteiger partial charge in [0.2, 0.25) is 5.88 Å². The molecule has 3 heterocycles. The Morgan fingerprint density at radius 3 is 2.60 bits per heavy atom. The van der Waals surface area contributed by atoms with Crippen LogP contribution in [0.25, 0.3) is 0 Å². The van der Waals surface area contributed by atoms with Crippen molar-refractivity contribution in [1.29, 1.82) is 0 Å². The third-order valence-electron chi connectivity index (χ3n) is 5.88. The molecule has 0 radical (unpaired) electrons. The van der Waals surface area contributed by atoms with Gasteiger partial charge in [0.05, 0.1) is 16.0 Å². The SMILES string of the molecule is Cc1cc(Cl)c(OCCOc2ccc([C@H]3C[C@@H]4CC[C@@H](N4)[C@@H]3C(=O)O)cn2)c(Cl)c1. The zero-order valence-corrected chi connectivity index (χ0v) is 18.1. The molecule has 160 valence electrons. The van der Waals surface area contributed by atoms with Crippen LogP contribution in [0.4, 0.5) is 0 Å². The number of aryl methyl sites for hydroxylation is 1. The molecule has 2 aliphatic rings. The largest absolute Gasteiger partial charge is 0.487 e. The number of benzene rings is 1. The van der Waals surface area contributed by atoms with E-state index in [0.29, 0.717) is 27.7 Å². The number of nitrogens with one attached hydrogen (secondary N) is 1. The quantitative estimate of drug-likeness (QED) is 0.605. The van der Waals surface area contributed by atoms with E-state index in [-0.39, 0.29) is 25.2 Å². The Balaban J connectivity index is 1.34. The zero-order valence-electron chi connectivity index (χ0n) is 16.6. The Morgan fingerprint density at radius 2 is 1.93 bits per heavy atom. The van der Waals surface area contributed by atoms with Gasteiger partial charge in [0.15, 0.2) is 5.75 Å². The maximum Gasteiger partial charge on any atom is 0.308 e. The van der Waals surface area contributed by atoms with Gasteiger partial charge in [-0.15, -0.1) is 0 Å². The van der Waals surface area contributed by atoms with E-state index in [1.54, 1.807) is 24.4 Å². The fraction of sp³-hybridized carbons (Fsp3) is 0.455. The molecule has 0 aliphatic carbocycles. The first-order valence-corrected chi connectivity index (χ1v) is 10.8. The molecule has 0 spiro atoms. The van der Waals surface area contributed by atoms with Crippen LogP contribution >= 0.6 is 23.2 Å². The average molecular weight is 451 g/mol. The second-order valence-electron chi connectivity index (χ2n) is 7.94. The molecule has 2 saturated heterocycles. The van der Waals surface area contributed by atoms with Crippen molar-refractivity contribution >= 4 is 29.2 Å². The van der Waals surface area contributed by atoms with E-state index >= 15 is 0 Å². The van der Waals surface area contributed by atoms with Crippen LogP contribution in [0.15, 0.2) is 30.5 Å². The number of ether oxygens (including phenoxy) is 2. The van der Waals surface area contributed by atoms with E-state index in [2.05, 4.69) is 10.3 Å². The smallest absolute Gasteiger partial charge is 0.308 e. The number of aromatic nitrogens is 1. The van der Waals surface area contributed by atoms with Gasteiger partial charge in [0, 0.05) is 30.3 Å². The Labute approximate surface area is 185 Å². The van der Waals surface area contributed by atoms with Crippen molar-refractivity contribution < 1.29 is 19.4 Å². The summed E-state index contributed by atoms with van der Waals surface area (Å²) in [5.41, 5.74) is 1.91. The van der Waals surface area contributed by atoms with Gasteiger partial charge in [-0.2, -0.15) is 0 Å². The second-order valence-corrected chi connectivity index (χ2v) is 8.75. The topological polar surface area (TPSA) is 80.7 Å². The van der Waals surface area contributed by atoms with Crippen molar-refractivity contribution in [3.63, 3.8) is 0 Å². The summed E-state index contributed by atoms with van der Waals surface area (Å²) >= 11 is 12.3. The highest BCUT2D eigenvalue weighted by Gasteiger charge is 2.45. The Morgan fingerprint density at radius 1 is 1.20 bits per heavy atom. The zero-order chi connectivity index (χ0) is 21.3. The van der Waals surface area contributed by atoms with Crippen LogP contribution in [0.5, 0.6) is 11.6 Å². The minimum atomic E-state index is -0.747. The van der Waals surface area contributed by atoms with E-state index in [9.17, 15) is 9.90 Å². The molecular weight excluding hydrogens is 427 g/mol. The van der Waals surface area contributed by atoms with Gasteiger partial charge < -0.3 is 19.9 Å². The number of halogens is 2. The molecule has 30 heavy (non-hydrogen) atoms. The fourth-order valence-corrected chi connectivity index (χ4v) is 5.26. The molecule has 1 aromatic carbocycles. The Bertz CT molecular complexity index is 899. The van der Waals surface area contributed by atoms with E-state index in [0.717, 1.165) is 30.4 Å². The number of fused-ring (bicyclic) bond motifs is 2. The van der Waals surface area contributed by atoms with E-state index in [1.807, 2.05) is 13.0 Å². The fourth-order valence-electron chi connectivity index (χ4n) is 4.55. The van der Waals surface area contributed by atoms with Gasteiger partial charge in [0.1, 0.15) is 13.2 Å². The molecule has 2 bridgehead atoms. The summed E-state index contributed by atoms with van der Waals surface area (Å²) < 4.78 is 11.3. The van der Waals surface area contributed by atoms with Crippen molar-refractivity contribution in [1.82, 2.24) is 10.3 Å². The van der Waals surface area contributed by atoms with Gasteiger partial charge in [-0.3, -0.25) is 4.79 Å². The predicted molar refractivity (Wildman–Crippen MR) is 115 cm³/mol. The number of carboxylic acids is 1. The number of hydrogen-bond acceptors (Lipinski definition) is 5. The van der Waals surface area contributed by atoms with E-state index in [1.165, 1.54) is 0 Å². The molecule has 1 aromatic heterocycles. The normalized spacial score (nSPS) is 25.2. The number of hydrogen-bond donors (Lipinski definition) is 2. The molecule has 0 unspecified atom stereocenters. The lowest BCUT2D eigenvalue weighted by Gasteiger charge is -2.35. The van der Waals surface area contributed by atoms with Crippen LogP contribution in [0.2, 0.25) is 10.0 Å². The van der Waals surface area contributed by atoms with Crippen LogP contribution < -0.4 is 14.8 Å². The van der Waals surface area contributed by atoms with Crippen molar-refractivity contribution in [3.05, 3.63) is 51.6 Å². The molecule has 2 aromatic rings. The van der Waals surface area contributed by atoms with Gasteiger partial charge in [-0.1, -0.05) is 29.3 Å². The van der Waals surface area contributed by atoms with Crippen molar-refractivity contribution in [2.75, 3.05) is 13.2 Å². The van der Waals surface area contributed by atoms with Gasteiger partial charge in [0.25, 0.3) is 0 Å². The highest BCUT2D eigenvalue weighted by atomic mass is 35.5. The van der Waals surface area contributed by atoms with Crippen LogP contribution in [0.3, 0.4) is 0 Å². The Kier molecular flexibility index (Phi) is 6.37. The molecule has 2 fully saturated rings. The lowest BCUT2D eigenvalue weighted by atomic mass is 9.77. The van der Waals surface area contributed by atoms with Crippen LogP contribution in [-0.4, -0.2) is 41.4 Å². The summed E-state index contributed by atoms with van der Waals surface area (Å²) in [6.45, 7) is 2.46. The molecule has 2 aliphatic heterocycles. The van der Waals surface area contributed by atoms with Gasteiger partial charge >= 0.3 is 5.97 Å². The lowest BCUT2D eigenvalue weighted by Crippen LogP contribution is -2.47. The minimum absolute atomic E-state index is 0.0306. The summed E-state index contributed by atoms with van der Waals surface area (Å²) in [5, 5.41) is 14.1. The highest BCUT2D eigenvalue weighted by Crippen LogP contribution is 2.42. The maximum absolute atomic E-state index is 11.8. The van der Waals surface area contributed by atoms with Crippen LogP contribution in [0, 0.1) is 12.8 Å². The van der Waals surface area contributed by atoms with Gasteiger partial charge in [-0.05, 0) is 49.4 Å². The number of carboxylic acid groups (broad SMARTS) is 1. The number of rotatable bonds is 7. The predicted octanol–water partition coefficient (Wildman–Crippen LogP) is 4.46. The molecule has 2 N–H and O–H groups in total. The van der Waals surface area contributed by atoms with Crippen molar-refractivity contribution in [2.45, 2.75) is 44.2 Å². The maximum atomic E-state index is 11.8. The van der Waals surface area contributed by atoms with E-state index < -0.39 is 11.9 Å². The third kappa shape index (κ3) is 4.51. The number of nitrogens with zero attached hydrogens (tertiary/aromatic N) is 1. The second kappa shape index (κ2) is 9.00. The number of aliphatic carboxylic acids is 1. The molecular formula is C22H24Cl2N2O4. The summed E-state index contributed by atoms with van der Waals surface area (Å²) in [6, 6.07) is 7.72. The van der Waals surface area contributed by atoms with Gasteiger partial charge in [-0.25, -0.2) is 4.98 Å². The summed E-state index contributed by atoms with van der Waals surface area (Å²) in [6.07, 6.45) is 4.51. The minimum Gasteiger partial charge on any atom is -0.487 e. The van der Waals surface area contributed by atoms with Crippen LogP contribution in [0.1, 0.15) is 36.3 Å². The molecule has 8 heteroatoms. The molecule has 6 nitrogen and oxygen atoms in total. The first-order chi connectivity index (χ1) is 14.4. The Hall–Kier alpha value is -2.02. The number of pyridine rings is 1. The average Bonchev–Trinajstić information content (AvgIpc) is 3.07. The molecule has 0 amide bonds. The molecule has 4 atom stereocenters. The summed E-state index contributed by atoms with van der Waals surface area (Å²) in [5.74, 6) is -0.293. The monoisotopic (exact) mass is 450 g/mol. The first-order valence-electron chi connectivity index (χ1n) is 10.1. The first kappa shape index (κ1) is 21.2. The van der Waals surface area contributed by atoms with E-state index in [4.69, 9.17) is 32.7 Å². The standard InChI is InChI=1S/C22H24Cl2N2O4/c1-12-8-16(23)21(17(24)9-12)30-7-6-29-19-5-2-13(11-25-19)15-10-14-3-4-18(26-14)20(15)22(27)28/h2,5,8-9,11,14-15,18,20,26H,3-4,6-7,10H2,1H3,(H,27,28)/t14-,15+,18+,20+/m0/s1. The number of piperidine rings is 1. The van der Waals surface area contributed by atoms with Crippen molar-refractivity contribution in [3.8, 4) is 11.6 Å². The third-order valence-corrected chi connectivity index (χ3v) is 6.44. The van der Waals surface area contributed by atoms with Crippen molar-refractivity contribution in [2.24, 2.45) is 5.92 Å². The molecule has 4 rings (SSSR count). The highest BCUT2D eigenvalue weighted by molar-refractivity contribution is 6.37. The molecule has 0 saturated carbocycles. The number of carbonyl (C=O) groups is 1. The lowest BCUT2D eigenvalue weighted by molar-refractivity contribution is -0.144.